The Kier molecular flexibility index (Phi) is 14.2. The summed E-state index contributed by atoms with van der Waals surface area (Å²) in [7, 11) is 0. The molecule has 0 aliphatic heterocycles. The highest BCUT2D eigenvalue weighted by atomic mass is 16.4. The van der Waals surface area contributed by atoms with Crippen LogP contribution in [-0.4, -0.2) is 49.7 Å². The summed E-state index contributed by atoms with van der Waals surface area (Å²) in [6.45, 7) is 6.85. The standard InChI is InChI=1S/C26H46O8/c1-5-8-11-14-17-24(21(28)29,18-15-12-9-6-2)26(34,23(32)33)25(20(4)27,22(30)31)19-16-13-10-7-3/h34H,5-19H2,1-4H3,(H,28,29)(H,30,31)(H,32,33). The molecule has 0 fully saturated rings. The fourth-order valence-corrected chi connectivity index (χ4v) is 5.20. The van der Waals surface area contributed by atoms with Gasteiger partial charge in [-0.05, 0) is 26.2 Å². The van der Waals surface area contributed by atoms with Crippen LogP contribution in [0.3, 0.4) is 0 Å². The van der Waals surface area contributed by atoms with Gasteiger partial charge in [-0.25, -0.2) is 4.79 Å². The van der Waals surface area contributed by atoms with Crippen LogP contribution in [0.4, 0.5) is 0 Å². The molecular weight excluding hydrogens is 440 g/mol. The number of unbranched alkanes of at least 4 members (excludes halogenated alkanes) is 9. The Balaban J connectivity index is 6.91. The van der Waals surface area contributed by atoms with Gasteiger partial charge in [0.1, 0.15) is 5.41 Å². The van der Waals surface area contributed by atoms with E-state index in [1.165, 1.54) is 0 Å². The Morgan fingerprint density at radius 3 is 1.21 bits per heavy atom. The highest BCUT2D eigenvalue weighted by molar-refractivity contribution is 6.10. The molecular formula is C26H46O8. The number of hydrogen-bond donors (Lipinski definition) is 4. The summed E-state index contributed by atoms with van der Waals surface area (Å²) in [6.07, 6.45) is 6.64. The number of hydrogen-bond acceptors (Lipinski definition) is 5. The number of aliphatic hydroxyl groups is 1. The number of Topliss-reactive ketones (excluding diaryl/α,β-unsaturated/α-hetero) is 1. The molecule has 0 aromatic rings. The number of carbonyl (C=O) groups excluding carboxylic acids is 1. The van der Waals surface area contributed by atoms with Crippen LogP contribution in [0.25, 0.3) is 0 Å². The first-order chi connectivity index (χ1) is 16.0. The van der Waals surface area contributed by atoms with E-state index in [1.54, 1.807) is 0 Å². The number of rotatable bonds is 21. The molecule has 8 heteroatoms. The molecule has 0 rings (SSSR count). The Labute approximate surface area is 204 Å². The third-order valence-corrected chi connectivity index (χ3v) is 7.31. The Hall–Kier alpha value is -1.96. The molecule has 0 spiro atoms. The Bertz CT molecular complexity index is 646. The van der Waals surface area contributed by atoms with Crippen LogP contribution in [0.2, 0.25) is 0 Å². The number of ketones is 1. The topological polar surface area (TPSA) is 149 Å². The first-order valence-corrected chi connectivity index (χ1v) is 12.9. The molecule has 0 aliphatic carbocycles. The third-order valence-electron chi connectivity index (χ3n) is 7.31. The quantitative estimate of drug-likeness (QED) is 0.124. The second kappa shape index (κ2) is 15.1. The highest BCUT2D eigenvalue weighted by Crippen LogP contribution is 2.54. The van der Waals surface area contributed by atoms with Crippen LogP contribution >= 0.6 is 0 Å². The van der Waals surface area contributed by atoms with Crippen molar-refractivity contribution in [3.8, 4) is 0 Å². The van der Waals surface area contributed by atoms with Crippen LogP contribution in [-0.2, 0) is 19.2 Å². The molecule has 8 nitrogen and oxygen atoms in total. The van der Waals surface area contributed by atoms with Crippen molar-refractivity contribution in [1.82, 2.24) is 0 Å². The fourth-order valence-electron chi connectivity index (χ4n) is 5.20. The fraction of sp³-hybridized carbons (Fsp3) is 0.846. The maximum Gasteiger partial charge on any atom is 0.338 e. The molecule has 198 valence electrons. The van der Waals surface area contributed by atoms with E-state index in [0.717, 1.165) is 45.4 Å². The smallest absolute Gasteiger partial charge is 0.338 e. The molecule has 0 amide bonds. The monoisotopic (exact) mass is 486 g/mol. The average Bonchev–Trinajstić information content (AvgIpc) is 2.76. The van der Waals surface area contributed by atoms with Gasteiger partial charge in [0.2, 0.25) is 5.60 Å². The maximum atomic E-state index is 12.9. The van der Waals surface area contributed by atoms with E-state index in [1.807, 2.05) is 20.8 Å². The minimum atomic E-state index is -3.30. The maximum absolute atomic E-state index is 12.9. The number of carboxylic acids is 3. The molecule has 34 heavy (non-hydrogen) atoms. The van der Waals surface area contributed by atoms with Crippen molar-refractivity contribution in [2.75, 3.05) is 0 Å². The summed E-state index contributed by atoms with van der Waals surface area (Å²) in [6, 6.07) is 0. The van der Waals surface area contributed by atoms with Gasteiger partial charge < -0.3 is 20.4 Å². The summed E-state index contributed by atoms with van der Waals surface area (Å²) < 4.78 is 0. The first kappa shape index (κ1) is 32.0. The van der Waals surface area contributed by atoms with Gasteiger partial charge in [-0.1, -0.05) is 97.8 Å². The second-order valence-electron chi connectivity index (χ2n) is 9.60. The van der Waals surface area contributed by atoms with E-state index < -0.39 is 46.5 Å². The number of aliphatic carboxylic acids is 3. The van der Waals surface area contributed by atoms with E-state index in [4.69, 9.17) is 0 Å². The molecule has 0 aromatic carbocycles. The summed E-state index contributed by atoms with van der Waals surface area (Å²) >= 11 is 0. The van der Waals surface area contributed by atoms with Gasteiger partial charge in [-0.15, -0.1) is 0 Å². The van der Waals surface area contributed by atoms with Crippen molar-refractivity contribution in [2.45, 2.75) is 130 Å². The van der Waals surface area contributed by atoms with Crippen molar-refractivity contribution in [1.29, 1.82) is 0 Å². The van der Waals surface area contributed by atoms with Gasteiger partial charge in [-0.2, -0.15) is 0 Å². The molecule has 4 N–H and O–H groups in total. The largest absolute Gasteiger partial charge is 0.481 e. The van der Waals surface area contributed by atoms with Crippen LogP contribution in [0.1, 0.15) is 124 Å². The number of carbonyl (C=O) groups is 4. The molecule has 2 atom stereocenters. The normalized spacial score (nSPS) is 15.3. The van der Waals surface area contributed by atoms with Gasteiger partial charge in [0.05, 0.1) is 0 Å². The van der Waals surface area contributed by atoms with Crippen molar-refractivity contribution in [3.05, 3.63) is 0 Å². The van der Waals surface area contributed by atoms with Crippen molar-refractivity contribution >= 4 is 23.7 Å². The number of carboxylic acid groups (broad SMARTS) is 3. The zero-order chi connectivity index (χ0) is 26.4. The second-order valence-corrected chi connectivity index (χ2v) is 9.60. The lowest BCUT2D eigenvalue weighted by molar-refractivity contribution is -0.223. The molecule has 0 aromatic heterocycles. The average molecular weight is 487 g/mol. The van der Waals surface area contributed by atoms with E-state index in [2.05, 4.69) is 0 Å². The predicted molar refractivity (Wildman–Crippen MR) is 130 cm³/mol. The van der Waals surface area contributed by atoms with Crippen molar-refractivity contribution in [3.63, 3.8) is 0 Å². The van der Waals surface area contributed by atoms with Gasteiger partial charge in [-0.3, -0.25) is 14.4 Å². The summed E-state index contributed by atoms with van der Waals surface area (Å²) in [5.41, 5.74) is -8.37. The van der Waals surface area contributed by atoms with Crippen LogP contribution in [0, 0.1) is 10.8 Å². The molecule has 0 saturated carbocycles. The lowest BCUT2D eigenvalue weighted by Gasteiger charge is -2.50. The molecule has 2 unspecified atom stereocenters. The van der Waals surface area contributed by atoms with Crippen LogP contribution in [0.5, 0.6) is 0 Å². The summed E-state index contributed by atoms with van der Waals surface area (Å²) in [5.74, 6) is -6.34. The Morgan fingerprint density at radius 1 is 0.559 bits per heavy atom. The van der Waals surface area contributed by atoms with Crippen molar-refractivity contribution in [2.24, 2.45) is 10.8 Å². The van der Waals surface area contributed by atoms with Crippen LogP contribution < -0.4 is 0 Å². The summed E-state index contributed by atoms with van der Waals surface area (Å²) in [4.78, 5) is 51.2. The van der Waals surface area contributed by atoms with E-state index in [9.17, 15) is 39.6 Å². The molecule has 0 saturated heterocycles. The predicted octanol–water partition coefficient (Wildman–Crippen LogP) is 5.44. The zero-order valence-electron chi connectivity index (χ0n) is 21.5. The van der Waals surface area contributed by atoms with Gasteiger partial charge in [0.15, 0.2) is 11.2 Å². The minimum absolute atomic E-state index is 0.191. The highest BCUT2D eigenvalue weighted by Gasteiger charge is 2.74. The summed E-state index contributed by atoms with van der Waals surface area (Å²) in [5, 5.41) is 42.9. The van der Waals surface area contributed by atoms with E-state index in [0.29, 0.717) is 32.1 Å². The van der Waals surface area contributed by atoms with Crippen molar-refractivity contribution < 1.29 is 39.6 Å². The van der Waals surface area contributed by atoms with E-state index in [-0.39, 0.29) is 19.3 Å². The first-order valence-electron chi connectivity index (χ1n) is 12.9. The third kappa shape index (κ3) is 6.80. The Morgan fingerprint density at radius 2 is 0.941 bits per heavy atom. The van der Waals surface area contributed by atoms with Gasteiger partial charge >= 0.3 is 17.9 Å². The zero-order valence-corrected chi connectivity index (χ0v) is 21.5. The molecule has 0 aliphatic rings. The SMILES string of the molecule is CCCCCCC(CCCCCC)(C(=O)O)C(O)(C(=O)O)C(CCCCCC)(C(C)=O)C(=O)O. The van der Waals surface area contributed by atoms with Gasteiger partial charge in [0, 0.05) is 0 Å². The van der Waals surface area contributed by atoms with Crippen LogP contribution in [0.15, 0.2) is 0 Å². The van der Waals surface area contributed by atoms with Gasteiger partial charge in [0.25, 0.3) is 0 Å². The minimum Gasteiger partial charge on any atom is -0.481 e. The molecule has 0 radical (unpaired) electrons. The lowest BCUT2D eigenvalue weighted by atomic mass is 9.52. The lowest BCUT2D eigenvalue weighted by Crippen LogP contribution is -2.71. The van der Waals surface area contributed by atoms with E-state index >= 15 is 0 Å². The molecule has 0 heterocycles. The molecule has 0 bridgehead atoms.